The molecule has 3 aromatic rings. The Morgan fingerprint density at radius 2 is 2.13 bits per heavy atom. The highest BCUT2D eigenvalue weighted by atomic mass is 16.6. The van der Waals surface area contributed by atoms with Gasteiger partial charge in [0.25, 0.3) is 0 Å². The van der Waals surface area contributed by atoms with E-state index in [4.69, 9.17) is 0 Å². The first-order valence-corrected chi connectivity index (χ1v) is 6.76. The van der Waals surface area contributed by atoms with Gasteiger partial charge in [0.1, 0.15) is 5.65 Å². The van der Waals surface area contributed by atoms with E-state index in [0.29, 0.717) is 17.8 Å². The van der Waals surface area contributed by atoms with Gasteiger partial charge in [-0.25, -0.2) is 14.3 Å². The first-order chi connectivity index (χ1) is 11.0. The zero-order valence-electron chi connectivity index (χ0n) is 12.1. The summed E-state index contributed by atoms with van der Waals surface area (Å²) in [5, 5.41) is 20.7. The van der Waals surface area contributed by atoms with Crippen molar-refractivity contribution in [2.75, 3.05) is 0 Å². The molecule has 0 saturated heterocycles. The third-order valence-electron chi connectivity index (χ3n) is 3.60. The summed E-state index contributed by atoms with van der Waals surface area (Å²) in [5.74, 6) is -0.208. The van der Waals surface area contributed by atoms with Gasteiger partial charge in [-0.1, -0.05) is 0 Å². The second-order valence-corrected chi connectivity index (χ2v) is 5.03. The summed E-state index contributed by atoms with van der Waals surface area (Å²) in [4.78, 5) is 29.6. The van der Waals surface area contributed by atoms with Crippen molar-refractivity contribution in [2.45, 2.75) is 13.3 Å². The van der Waals surface area contributed by atoms with E-state index < -0.39 is 11.0 Å². The fourth-order valence-corrected chi connectivity index (χ4v) is 2.48. The average molecular weight is 312 g/mol. The first kappa shape index (κ1) is 14.6. The van der Waals surface area contributed by atoms with Gasteiger partial charge < -0.3 is 15.2 Å². The molecule has 0 amide bonds. The number of fused-ring (bicyclic) bond motifs is 1. The van der Waals surface area contributed by atoms with Crippen molar-refractivity contribution < 1.29 is 14.8 Å². The van der Waals surface area contributed by atoms with Crippen LogP contribution in [-0.2, 0) is 6.42 Å². The molecule has 0 unspecified atom stereocenters. The molecule has 0 saturated carbocycles. The SMILES string of the molecule is Cc1nc([N+](=O)[O-])ccc1Cc1cn(C(=O)O)c2ncccc12. The Balaban J connectivity index is 2.05. The summed E-state index contributed by atoms with van der Waals surface area (Å²) in [6.07, 6.45) is 2.35. The molecule has 1 N–H and O–H groups in total. The Kier molecular flexibility index (Phi) is 3.49. The van der Waals surface area contributed by atoms with Crippen LogP contribution in [0.15, 0.2) is 36.7 Å². The van der Waals surface area contributed by atoms with Crippen LogP contribution in [0.4, 0.5) is 10.6 Å². The van der Waals surface area contributed by atoms with Gasteiger partial charge in [-0.05, 0) is 33.7 Å². The number of carbonyl (C=O) groups is 1. The lowest BCUT2D eigenvalue weighted by Crippen LogP contribution is -2.06. The normalized spacial score (nSPS) is 10.8. The molecule has 116 valence electrons. The van der Waals surface area contributed by atoms with Crippen molar-refractivity contribution in [3.63, 3.8) is 0 Å². The van der Waals surface area contributed by atoms with E-state index in [9.17, 15) is 20.0 Å². The molecule has 0 radical (unpaired) electrons. The highest BCUT2D eigenvalue weighted by Crippen LogP contribution is 2.24. The summed E-state index contributed by atoms with van der Waals surface area (Å²) >= 11 is 0. The van der Waals surface area contributed by atoms with Gasteiger partial charge in [-0.2, -0.15) is 0 Å². The molecule has 8 nitrogen and oxygen atoms in total. The zero-order valence-corrected chi connectivity index (χ0v) is 12.1. The molecule has 3 heterocycles. The van der Waals surface area contributed by atoms with E-state index in [1.54, 1.807) is 25.1 Å². The van der Waals surface area contributed by atoms with Crippen molar-refractivity contribution in [1.82, 2.24) is 14.5 Å². The molecule has 0 aliphatic rings. The minimum Gasteiger partial charge on any atom is -0.464 e. The molecule has 0 atom stereocenters. The number of hydrogen-bond donors (Lipinski definition) is 1. The molecule has 0 aliphatic heterocycles. The second-order valence-electron chi connectivity index (χ2n) is 5.03. The maximum Gasteiger partial charge on any atom is 0.417 e. The third kappa shape index (κ3) is 2.61. The maximum atomic E-state index is 11.3. The van der Waals surface area contributed by atoms with Crippen molar-refractivity contribution in [3.05, 3.63) is 63.6 Å². The fourth-order valence-electron chi connectivity index (χ4n) is 2.48. The number of aryl methyl sites for hydroxylation is 1. The second kappa shape index (κ2) is 5.48. The molecule has 0 aromatic carbocycles. The van der Waals surface area contributed by atoms with Crippen molar-refractivity contribution in [1.29, 1.82) is 0 Å². The average Bonchev–Trinajstić information content (AvgIpc) is 2.88. The van der Waals surface area contributed by atoms with Gasteiger partial charge in [0.15, 0.2) is 5.69 Å². The van der Waals surface area contributed by atoms with E-state index in [1.165, 1.54) is 18.5 Å². The number of rotatable bonds is 3. The molecule has 8 heteroatoms. The van der Waals surface area contributed by atoms with Crippen LogP contribution in [0.1, 0.15) is 16.8 Å². The van der Waals surface area contributed by atoms with Crippen LogP contribution in [-0.4, -0.2) is 30.7 Å². The van der Waals surface area contributed by atoms with Gasteiger partial charge in [0.2, 0.25) is 0 Å². The van der Waals surface area contributed by atoms with E-state index >= 15 is 0 Å². The summed E-state index contributed by atoms with van der Waals surface area (Å²) < 4.78 is 1.07. The van der Waals surface area contributed by atoms with Crippen LogP contribution in [0.25, 0.3) is 11.0 Å². The monoisotopic (exact) mass is 312 g/mol. The van der Waals surface area contributed by atoms with E-state index in [2.05, 4.69) is 9.97 Å². The number of carboxylic acid groups (broad SMARTS) is 1. The molecule has 0 fully saturated rings. The van der Waals surface area contributed by atoms with Crippen LogP contribution in [0.3, 0.4) is 0 Å². The quantitative estimate of drug-likeness (QED) is 0.588. The Morgan fingerprint density at radius 1 is 1.35 bits per heavy atom. The lowest BCUT2D eigenvalue weighted by Gasteiger charge is -2.01. The highest BCUT2D eigenvalue weighted by molar-refractivity contribution is 5.88. The molecule has 0 bridgehead atoms. The number of pyridine rings is 2. The molecule has 0 aliphatic carbocycles. The molecule has 3 rings (SSSR count). The summed E-state index contributed by atoms with van der Waals surface area (Å²) in [5.41, 5.74) is 2.47. The van der Waals surface area contributed by atoms with Crippen molar-refractivity contribution >= 4 is 22.9 Å². The minimum atomic E-state index is -1.11. The molecule has 3 aromatic heterocycles. The smallest absolute Gasteiger partial charge is 0.417 e. The van der Waals surface area contributed by atoms with Gasteiger partial charge in [-0.15, -0.1) is 0 Å². The maximum absolute atomic E-state index is 11.3. The summed E-state index contributed by atoms with van der Waals surface area (Å²) in [7, 11) is 0. The topological polar surface area (TPSA) is 111 Å². The molecular formula is C15H12N4O4. The number of nitrogens with zero attached hydrogens (tertiary/aromatic N) is 4. The zero-order chi connectivity index (χ0) is 16.6. The van der Waals surface area contributed by atoms with E-state index in [0.717, 1.165) is 21.1 Å². The summed E-state index contributed by atoms with van der Waals surface area (Å²) in [6, 6.07) is 6.52. The van der Waals surface area contributed by atoms with Crippen LogP contribution in [0.5, 0.6) is 0 Å². The van der Waals surface area contributed by atoms with Crippen LogP contribution in [0.2, 0.25) is 0 Å². The third-order valence-corrected chi connectivity index (χ3v) is 3.60. The fraction of sp³-hybridized carbons (Fsp3) is 0.133. The molecule has 0 spiro atoms. The number of nitro groups is 1. The van der Waals surface area contributed by atoms with Crippen LogP contribution < -0.4 is 0 Å². The number of aromatic nitrogens is 3. The van der Waals surface area contributed by atoms with Gasteiger partial charge in [-0.3, -0.25) is 0 Å². The van der Waals surface area contributed by atoms with Crippen molar-refractivity contribution in [2.24, 2.45) is 0 Å². The standard InChI is InChI=1S/C15H12N4O4/c1-9-10(4-5-13(17-9)19(22)23)7-11-8-18(15(20)21)14-12(11)3-2-6-16-14/h2-6,8H,7H2,1H3,(H,20,21). The molecule has 23 heavy (non-hydrogen) atoms. The van der Waals surface area contributed by atoms with E-state index in [1.807, 2.05) is 0 Å². The van der Waals surface area contributed by atoms with Gasteiger partial charge in [0, 0.05) is 42.8 Å². The van der Waals surface area contributed by atoms with Gasteiger partial charge in [0.05, 0.1) is 0 Å². The van der Waals surface area contributed by atoms with Crippen molar-refractivity contribution in [3.8, 4) is 0 Å². The molecular weight excluding hydrogens is 300 g/mol. The van der Waals surface area contributed by atoms with Gasteiger partial charge >= 0.3 is 11.9 Å². The van der Waals surface area contributed by atoms with Crippen LogP contribution in [0, 0.1) is 17.0 Å². The lowest BCUT2D eigenvalue weighted by atomic mass is 10.0. The largest absolute Gasteiger partial charge is 0.464 e. The van der Waals surface area contributed by atoms with E-state index in [-0.39, 0.29) is 5.82 Å². The lowest BCUT2D eigenvalue weighted by molar-refractivity contribution is -0.389. The Morgan fingerprint density at radius 3 is 2.78 bits per heavy atom. The minimum absolute atomic E-state index is 0.208. The highest BCUT2D eigenvalue weighted by Gasteiger charge is 2.17. The van der Waals surface area contributed by atoms with Crippen LogP contribution >= 0.6 is 0 Å². The predicted molar refractivity (Wildman–Crippen MR) is 81.6 cm³/mol. The Hall–Kier alpha value is -3.29. The Labute approximate surface area is 130 Å². The number of hydrogen-bond acceptors (Lipinski definition) is 5. The summed E-state index contributed by atoms with van der Waals surface area (Å²) in [6.45, 7) is 1.69. The Bertz CT molecular complexity index is 932. The predicted octanol–water partition coefficient (Wildman–Crippen LogP) is 2.76. The first-order valence-electron chi connectivity index (χ1n) is 6.76.